The van der Waals surface area contributed by atoms with Crippen molar-refractivity contribution in [3.63, 3.8) is 0 Å². The summed E-state index contributed by atoms with van der Waals surface area (Å²) in [6.07, 6.45) is 5.08. The summed E-state index contributed by atoms with van der Waals surface area (Å²) in [5.41, 5.74) is 0. The van der Waals surface area contributed by atoms with Crippen molar-refractivity contribution in [3.8, 4) is 0 Å². The highest BCUT2D eigenvalue weighted by atomic mass is 35.5. The van der Waals surface area contributed by atoms with E-state index in [1.807, 2.05) is 17.4 Å². The molecule has 2 rings (SSSR count). The molecule has 1 aromatic rings. The summed E-state index contributed by atoms with van der Waals surface area (Å²) in [4.78, 5) is 1.40. The normalized spacial score (nSPS) is 26.0. The highest BCUT2D eigenvalue weighted by molar-refractivity contribution is 7.10. The Kier molecular flexibility index (Phi) is 4.06. The molecule has 1 aromatic heterocycles. The van der Waals surface area contributed by atoms with Crippen LogP contribution in [0.15, 0.2) is 11.4 Å². The monoisotopic (exact) mass is 243 g/mol. The van der Waals surface area contributed by atoms with Crippen LogP contribution in [0.4, 0.5) is 0 Å². The van der Waals surface area contributed by atoms with Gasteiger partial charge in [-0.3, -0.25) is 0 Å². The number of nitrogens with one attached hydrogen (secondary N) is 1. The lowest BCUT2D eigenvalue weighted by Crippen LogP contribution is -2.26. The Hall–Kier alpha value is -0.0500. The van der Waals surface area contributed by atoms with Crippen LogP contribution in [0.5, 0.6) is 0 Å². The second-order valence-electron chi connectivity index (χ2n) is 4.29. The van der Waals surface area contributed by atoms with Crippen molar-refractivity contribution < 1.29 is 0 Å². The molecule has 3 heteroatoms. The maximum Gasteiger partial charge on any atom is 0.0547 e. The number of hydrogen-bond donors (Lipinski definition) is 1. The summed E-state index contributed by atoms with van der Waals surface area (Å²) >= 11 is 7.97. The van der Waals surface area contributed by atoms with Gasteiger partial charge in [-0.15, -0.1) is 11.3 Å². The van der Waals surface area contributed by atoms with Crippen molar-refractivity contribution in [2.75, 3.05) is 6.54 Å². The van der Waals surface area contributed by atoms with Gasteiger partial charge in [-0.1, -0.05) is 18.5 Å². The van der Waals surface area contributed by atoms with E-state index in [1.54, 1.807) is 0 Å². The van der Waals surface area contributed by atoms with Crippen molar-refractivity contribution in [3.05, 3.63) is 21.3 Å². The SMILES string of the molecule is CCCNC1CCC(c2sccc2Cl)C1. The van der Waals surface area contributed by atoms with Gasteiger partial charge in [-0.05, 0) is 49.6 Å². The summed E-state index contributed by atoms with van der Waals surface area (Å²) in [5.74, 6) is 0.701. The van der Waals surface area contributed by atoms with Crippen molar-refractivity contribution in [2.45, 2.75) is 44.6 Å². The van der Waals surface area contributed by atoms with Crippen LogP contribution in [0.3, 0.4) is 0 Å². The molecule has 1 heterocycles. The molecule has 0 amide bonds. The molecule has 0 bridgehead atoms. The van der Waals surface area contributed by atoms with Gasteiger partial charge in [0.15, 0.2) is 0 Å². The highest BCUT2D eigenvalue weighted by Crippen LogP contribution is 2.40. The minimum atomic E-state index is 0.701. The van der Waals surface area contributed by atoms with Crippen LogP contribution >= 0.6 is 22.9 Å². The van der Waals surface area contributed by atoms with E-state index in [4.69, 9.17) is 11.6 Å². The zero-order chi connectivity index (χ0) is 10.7. The molecule has 2 unspecified atom stereocenters. The van der Waals surface area contributed by atoms with Crippen LogP contribution in [0.2, 0.25) is 5.02 Å². The van der Waals surface area contributed by atoms with E-state index in [1.165, 1.54) is 30.6 Å². The molecule has 1 aliphatic rings. The maximum absolute atomic E-state index is 6.16. The predicted octanol–water partition coefficient (Wildman–Crippen LogP) is 4.04. The summed E-state index contributed by atoms with van der Waals surface area (Å²) in [7, 11) is 0. The molecule has 1 nitrogen and oxygen atoms in total. The minimum Gasteiger partial charge on any atom is -0.314 e. The maximum atomic E-state index is 6.16. The van der Waals surface area contributed by atoms with Gasteiger partial charge in [0.05, 0.1) is 5.02 Å². The van der Waals surface area contributed by atoms with Crippen molar-refractivity contribution in [1.29, 1.82) is 0 Å². The first-order valence-electron chi connectivity index (χ1n) is 5.77. The highest BCUT2D eigenvalue weighted by Gasteiger charge is 2.27. The quantitative estimate of drug-likeness (QED) is 0.842. The lowest BCUT2D eigenvalue weighted by Gasteiger charge is -2.12. The van der Waals surface area contributed by atoms with E-state index in [2.05, 4.69) is 17.6 Å². The standard InChI is InChI=1S/C12H18ClNS/c1-2-6-14-10-4-3-9(8-10)12-11(13)5-7-15-12/h5,7,9-10,14H,2-4,6,8H2,1H3. The first-order chi connectivity index (χ1) is 7.31. The number of halogens is 1. The van der Waals surface area contributed by atoms with Crippen LogP contribution < -0.4 is 5.32 Å². The summed E-state index contributed by atoms with van der Waals surface area (Å²) < 4.78 is 0. The Morgan fingerprint density at radius 3 is 3.07 bits per heavy atom. The molecule has 0 spiro atoms. The Morgan fingerprint density at radius 2 is 2.40 bits per heavy atom. The van der Waals surface area contributed by atoms with E-state index in [0.29, 0.717) is 12.0 Å². The van der Waals surface area contributed by atoms with Gasteiger partial charge in [0.25, 0.3) is 0 Å². The average Bonchev–Trinajstić information content (AvgIpc) is 2.83. The summed E-state index contributed by atoms with van der Waals surface area (Å²) in [6.45, 7) is 3.37. The van der Waals surface area contributed by atoms with E-state index >= 15 is 0 Å². The fourth-order valence-corrected chi connectivity index (χ4v) is 3.71. The number of rotatable bonds is 4. The van der Waals surface area contributed by atoms with Gasteiger partial charge in [0, 0.05) is 10.9 Å². The van der Waals surface area contributed by atoms with Crippen LogP contribution in [0.25, 0.3) is 0 Å². The molecule has 0 aromatic carbocycles. The van der Waals surface area contributed by atoms with Gasteiger partial charge in [-0.2, -0.15) is 0 Å². The third-order valence-corrected chi connectivity index (χ3v) is 4.65. The molecule has 1 fully saturated rings. The van der Waals surface area contributed by atoms with Gasteiger partial charge in [0.2, 0.25) is 0 Å². The van der Waals surface area contributed by atoms with Gasteiger partial charge >= 0.3 is 0 Å². The molecule has 2 atom stereocenters. The zero-order valence-corrected chi connectivity index (χ0v) is 10.7. The lowest BCUT2D eigenvalue weighted by molar-refractivity contribution is 0.518. The molecule has 15 heavy (non-hydrogen) atoms. The summed E-state index contributed by atoms with van der Waals surface area (Å²) in [5, 5.41) is 6.68. The molecule has 1 aliphatic carbocycles. The molecule has 1 N–H and O–H groups in total. The largest absolute Gasteiger partial charge is 0.314 e. The second kappa shape index (κ2) is 5.33. The smallest absolute Gasteiger partial charge is 0.0547 e. The molecule has 0 radical (unpaired) electrons. The molecule has 84 valence electrons. The number of hydrogen-bond acceptors (Lipinski definition) is 2. The van der Waals surface area contributed by atoms with E-state index in [9.17, 15) is 0 Å². The molecular weight excluding hydrogens is 226 g/mol. The first-order valence-corrected chi connectivity index (χ1v) is 7.03. The Morgan fingerprint density at radius 1 is 1.53 bits per heavy atom. The number of thiophene rings is 1. The fraction of sp³-hybridized carbons (Fsp3) is 0.667. The fourth-order valence-electron chi connectivity index (χ4n) is 2.35. The van der Waals surface area contributed by atoms with Crippen LogP contribution in [-0.4, -0.2) is 12.6 Å². The van der Waals surface area contributed by atoms with Crippen LogP contribution in [-0.2, 0) is 0 Å². The topological polar surface area (TPSA) is 12.0 Å². The Labute approximate surface area is 101 Å². The van der Waals surface area contributed by atoms with Crippen LogP contribution in [0.1, 0.15) is 43.4 Å². The van der Waals surface area contributed by atoms with E-state index < -0.39 is 0 Å². The zero-order valence-electron chi connectivity index (χ0n) is 9.13. The summed E-state index contributed by atoms with van der Waals surface area (Å²) in [6, 6.07) is 2.74. The van der Waals surface area contributed by atoms with E-state index in [0.717, 1.165) is 11.6 Å². The van der Waals surface area contributed by atoms with Crippen molar-refractivity contribution in [1.82, 2.24) is 5.32 Å². The molecular formula is C12H18ClNS. The average molecular weight is 244 g/mol. The van der Waals surface area contributed by atoms with Gasteiger partial charge in [0.1, 0.15) is 0 Å². The van der Waals surface area contributed by atoms with Gasteiger partial charge in [-0.25, -0.2) is 0 Å². The van der Waals surface area contributed by atoms with E-state index in [-0.39, 0.29) is 0 Å². The Bertz CT molecular complexity index is 310. The third kappa shape index (κ3) is 2.74. The molecule has 1 saturated carbocycles. The molecule has 0 saturated heterocycles. The van der Waals surface area contributed by atoms with Gasteiger partial charge < -0.3 is 5.32 Å². The van der Waals surface area contributed by atoms with Crippen molar-refractivity contribution >= 4 is 22.9 Å². The predicted molar refractivity (Wildman–Crippen MR) is 68.0 cm³/mol. The lowest BCUT2D eigenvalue weighted by atomic mass is 10.1. The van der Waals surface area contributed by atoms with Crippen molar-refractivity contribution in [2.24, 2.45) is 0 Å². The third-order valence-electron chi connectivity index (χ3n) is 3.13. The first kappa shape index (κ1) is 11.4. The molecule has 0 aliphatic heterocycles. The second-order valence-corrected chi connectivity index (χ2v) is 5.65. The minimum absolute atomic E-state index is 0.701. The van der Waals surface area contributed by atoms with Crippen LogP contribution in [0, 0.1) is 0 Å². The Balaban J connectivity index is 1.90.